The minimum atomic E-state index is -0.237. The molecule has 2 aromatic rings. The average molecular weight is 326 g/mol. The van der Waals surface area contributed by atoms with E-state index in [-0.39, 0.29) is 18.0 Å². The zero-order valence-corrected chi connectivity index (χ0v) is 14.4. The summed E-state index contributed by atoms with van der Waals surface area (Å²) in [5.74, 6) is 0.487. The zero-order chi connectivity index (χ0) is 16.9. The molecule has 1 amide bonds. The first kappa shape index (κ1) is 16.7. The summed E-state index contributed by atoms with van der Waals surface area (Å²) in [5, 5.41) is 10.3. The van der Waals surface area contributed by atoms with Crippen LogP contribution in [0, 0.1) is 0 Å². The van der Waals surface area contributed by atoms with Crippen LogP contribution in [0.5, 0.6) is 0 Å². The number of piperidine rings is 1. The summed E-state index contributed by atoms with van der Waals surface area (Å²) in [6, 6.07) is 12.0. The number of rotatable bonds is 5. The summed E-state index contributed by atoms with van der Waals surface area (Å²) < 4.78 is 0. The van der Waals surface area contributed by atoms with Crippen LogP contribution >= 0.6 is 0 Å². The summed E-state index contributed by atoms with van der Waals surface area (Å²) in [6.07, 6.45) is 4.02. The molecule has 0 bridgehead atoms. The number of carbonyl (C=O) groups is 1. The van der Waals surface area contributed by atoms with Crippen molar-refractivity contribution < 1.29 is 4.79 Å². The molecule has 1 aliphatic heterocycles. The van der Waals surface area contributed by atoms with E-state index in [2.05, 4.69) is 20.4 Å². The Kier molecular flexibility index (Phi) is 5.30. The number of carbonyl (C=O) groups excluding carboxylic acids is 1. The maximum absolute atomic E-state index is 12.9. The fourth-order valence-electron chi connectivity index (χ4n) is 3.52. The first-order valence-corrected chi connectivity index (χ1v) is 8.74. The topological polar surface area (TPSA) is 61.0 Å². The number of aromatic amines is 1. The van der Waals surface area contributed by atoms with Gasteiger partial charge in [-0.05, 0) is 44.9 Å². The van der Waals surface area contributed by atoms with Crippen molar-refractivity contribution in [2.45, 2.75) is 44.7 Å². The van der Waals surface area contributed by atoms with E-state index in [9.17, 15) is 4.79 Å². The first-order chi connectivity index (χ1) is 11.6. The molecule has 0 spiro atoms. The average Bonchev–Trinajstić information content (AvgIpc) is 3.10. The lowest BCUT2D eigenvalue weighted by molar-refractivity contribution is -0.127. The van der Waals surface area contributed by atoms with Crippen molar-refractivity contribution in [3.63, 3.8) is 0 Å². The van der Waals surface area contributed by atoms with Crippen molar-refractivity contribution >= 4 is 5.91 Å². The predicted octanol–water partition coefficient (Wildman–Crippen LogP) is 2.86. The van der Waals surface area contributed by atoms with Gasteiger partial charge in [-0.2, -0.15) is 5.10 Å². The Balaban J connectivity index is 1.83. The Morgan fingerprint density at radius 1 is 1.29 bits per heavy atom. The Morgan fingerprint density at radius 2 is 2.08 bits per heavy atom. The number of hydrogen-bond donors (Lipinski definition) is 2. The normalized spacial score (nSPS) is 20.0. The summed E-state index contributed by atoms with van der Waals surface area (Å²) in [7, 11) is 0. The van der Waals surface area contributed by atoms with Crippen LogP contribution in [0.3, 0.4) is 0 Å². The van der Waals surface area contributed by atoms with E-state index in [1.165, 1.54) is 0 Å². The van der Waals surface area contributed by atoms with Crippen molar-refractivity contribution in [2.24, 2.45) is 0 Å². The summed E-state index contributed by atoms with van der Waals surface area (Å²) in [5.41, 5.74) is 2.22. The van der Waals surface area contributed by atoms with Crippen molar-refractivity contribution in [3.05, 3.63) is 53.9 Å². The van der Waals surface area contributed by atoms with E-state index in [0.29, 0.717) is 5.92 Å². The van der Waals surface area contributed by atoms with E-state index >= 15 is 0 Å². The highest BCUT2D eigenvalue weighted by atomic mass is 16.2. The van der Waals surface area contributed by atoms with Crippen LogP contribution in [0.1, 0.15) is 49.9 Å². The van der Waals surface area contributed by atoms with Gasteiger partial charge in [0.1, 0.15) is 6.04 Å². The lowest BCUT2D eigenvalue weighted by Gasteiger charge is -2.37. The molecule has 0 aliphatic carbocycles. The van der Waals surface area contributed by atoms with Crippen LogP contribution in [0.4, 0.5) is 0 Å². The van der Waals surface area contributed by atoms with Crippen LogP contribution < -0.4 is 5.32 Å². The molecular weight excluding hydrogens is 300 g/mol. The summed E-state index contributed by atoms with van der Waals surface area (Å²) in [4.78, 5) is 15.2. The minimum absolute atomic E-state index is 0.0847. The lowest BCUT2D eigenvalue weighted by Crippen LogP contribution is -2.46. The highest BCUT2D eigenvalue weighted by Crippen LogP contribution is 2.31. The van der Waals surface area contributed by atoms with Gasteiger partial charge in [-0.15, -0.1) is 0 Å². The number of hydrogen-bond acceptors (Lipinski definition) is 3. The Bertz CT molecular complexity index is 639. The second-order valence-corrected chi connectivity index (χ2v) is 6.82. The van der Waals surface area contributed by atoms with Gasteiger partial charge in [0.15, 0.2) is 0 Å². The molecule has 1 aromatic heterocycles. The molecule has 3 rings (SSSR count). The third-order valence-electron chi connectivity index (χ3n) is 4.57. The Morgan fingerprint density at radius 3 is 2.75 bits per heavy atom. The van der Waals surface area contributed by atoms with Gasteiger partial charge in [-0.25, -0.2) is 0 Å². The Hall–Kier alpha value is -2.14. The first-order valence-electron chi connectivity index (χ1n) is 8.74. The van der Waals surface area contributed by atoms with Gasteiger partial charge in [0.05, 0.1) is 0 Å². The third-order valence-corrected chi connectivity index (χ3v) is 4.57. The smallest absolute Gasteiger partial charge is 0.242 e. The summed E-state index contributed by atoms with van der Waals surface area (Å²) >= 11 is 0. The molecule has 2 atom stereocenters. The van der Waals surface area contributed by atoms with Crippen molar-refractivity contribution in [2.75, 3.05) is 13.1 Å². The molecular formula is C19H26N4O. The fourth-order valence-corrected chi connectivity index (χ4v) is 3.52. The number of nitrogens with zero attached hydrogens (tertiary/aromatic N) is 2. The molecule has 0 radical (unpaired) electrons. The zero-order valence-electron chi connectivity index (χ0n) is 14.4. The van der Waals surface area contributed by atoms with Crippen LogP contribution in [-0.4, -0.2) is 40.1 Å². The fraction of sp³-hybridized carbons (Fsp3) is 0.474. The standard InChI is InChI=1S/C19H26N4O/c1-14(2)21-19(24)18(15-7-4-3-5-8-15)23-12-6-9-16(13-23)17-10-11-20-22-17/h3-5,7-8,10-11,14,16,18H,6,9,12-13H2,1-2H3,(H,20,22)(H,21,24)/t16-,18+/m0/s1. The van der Waals surface area contributed by atoms with E-state index in [4.69, 9.17) is 0 Å². The van der Waals surface area contributed by atoms with Gasteiger partial charge in [-0.3, -0.25) is 14.8 Å². The van der Waals surface area contributed by atoms with Crippen LogP contribution in [0.15, 0.2) is 42.6 Å². The largest absolute Gasteiger partial charge is 0.352 e. The highest BCUT2D eigenvalue weighted by Gasteiger charge is 2.32. The predicted molar refractivity (Wildman–Crippen MR) is 94.6 cm³/mol. The molecule has 0 unspecified atom stereocenters. The maximum Gasteiger partial charge on any atom is 0.242 e. The van der Waals surface area contributed by atoms with Crippen LogP contribution in [0.2, 0.25) is 0 Å². The number of nitrogens with one attached hydrogen (secondary N) is 2. The van der Waals surface area contributed by atoms with Gasteiger partial charge in [0.25, 0.3) is 0 Å². The highest BCUT2D eigenvalue weighted by molar-refractivity contribution is 5.83. The molecule has 1 fully saturated rings. The molecule has 5 heteroatoms. The van der Waals surface area contributed by atoms with Gasteiger partial charge in [0.2, 0.25) is 5.91 Å². The van der Waals surface area contributed by atoms with Crippen LogP contribution in [-0.2, 0) is 4.79 Å². The van der Waals surface area contributed by atoms with E-state index in [0.717, 1.165) is 37.2 Å². The van der Waals surface area contributed by atoms with Crippen LogP contribution in [0.25, 0.3) is 0 Å². The quantitative estimate of drug-likeness (QED) is 0.888. The van der Waals surface area contributed by atoms with E-state index in [1.807, 2.05) is 50.2 Å². The molecule has 2 N–H and O–H groups in total. The second kappa shape index (κ2) is 7.62. The van der Waals surface area contributed by atoms with Gasteiger partial charge >= 0.3 is 0 Å². The van der Waals surface area contributed by atoms with Crippen molar-refractivity contribution in [3.8, 4) is 0 Å². The third kappa shape index (κ3) is 3.85. The van der Waals surface area contributed by atoms with Crippen molar-refractivity contribution in [1.82, 2.24) is 20.4 Å². The second-order valence-electron chi connectivity index (χ2n) is 6.82. The number of amides is 1. The molecule has 1 saturated heterocycles. The van der Waals surface area contributed by atoms with Gasteiger partial charge in [-0.1, -0.05) is 30.3 Å². The van der Waals surface area contributed by atoms with Gasteiger partial charge in [0, 0.05) is 30.4 Å². The SMILES string of the molecule is CC(C)NC(=O)[C@@H](c1ccccc1)N1CCC[C@H](c2ccn[nH]2)C1. The minimum Gasteiger partial charge on any atom is -0.352 e. The molecule has 0 saturated carbocycles. The lowest BCUT2D eigenvalue weighted by atomic mass is 9.92. The van der Waals surface area contributed by atoms with Crippen molar-refractivity contribution in [1.29, 1.82) is 0 Å². The Labute approximate surface area is 143 Å². The monoisotopic (exact) mass is 326 g/mol. The van der Waals surface area contributed by atoms with E-state index < -0.39 is 0 Å². The number of aromatic nitrogens is 2. The number of benzene rings is 1. The molecule has 128 valence electrons. The van der Waals surface area contributed by atoms with E-state index in [1.54, 1.807) is 6.20 Å². The molecule has 24 heavy (non-hydrogen) atoms. The summed E-state index contributed by atoms with van der Waals surface area (Å²) in [6.45, 7) is 5.82. The maximum atomic E-state index is 12.9. The molecule has 2 heterocycles. The number of likely N-dealkylation sites (tertiary alicyclic amines) is 1. The number of H-pyrrole nitrogens is 1. The molecule has 5 nitrogen and oxygen atoms in total. The van der Waals surface area contributed by atoms with Gasteiger partial charge < -0.3 is 5.32 Å². The molecule has 1 aromatic carbocycles. The molecule has 1 aliphatic rings.